The van der Waals surface area contributed by atoms with Gasteiger partial charge in [0.2, 0.25) is 0 Å². The van der Waals surface area contributed by atoms with E-state index in [4.69, 9.17) is 0 Å². The second-order valence-electron chi connectivity index (χ2n) is 3.69. The third kappa shape index (κ3) is 9.93. The zero-order chi connectivity index (χ0) is 9.23. The Bertz CT molecular complexity index is 79.1. The van der Waals surface area contributed by atoms with E-state index in [1.54, 1.807) is 6.92 Å². The molecule has 0 aliphatic rings. The van der Waals surface area contributed by atoms with Crippen molar-refractivity contribution < 1.29 is 4.39 Å². The minimum atomic E-state index is -0.597. The van der Waals surface area contributed by atoms with Crippen molar-refractivity contribution in [3.8, 4) is 0 Å². The molecule has 1 atom stereocenters. The highest BCUT2D eigenvalue weighted by atomic mass is 19.1. The molecule has 0 spiro atoms. The molecule has 0 aromatic carbocycles. The van der Waals surface area contributed by atoms with E-state index in [1.807, 2.05) is 0 Å². The average molecular weight is 174 g/mol. The van der Waals surface area contributed by atoms with Crippen molar-refractivity contribution in [1.29, 1.82) is 0 Å². The minimum Gasteiger partial charge on any atom is -0.248 e. The van der Waals surface area contributed by atoms with Gasteiger partial charge in [-0.15, -0.1) is 0 Å². The fourth-order valence-electron chi connectivity index (χ4n) is 1.38. The largest absolute Gasteiger partial charge is 0.248 e. The van der Waals surface area contributed by atoms with Gasteiger partial charge < -0.3 is 0 Å². The summed E-state index contributed by atoms with van der Waals surface area (Å²) in [7, 11) is 0. The van der Waals surface area contributed by atoms with E-state index in [0.717, 1.165) is 12.8 Å². The SMILES string of the molecule is CCCCCCCCCC(C)F. The maximum atomic E-state index is 12.3. The molecule has 0 rings (SSSR count). The molecule has 0 saturated heterocycles. The van der Waals surface area contributed by atoms with Gasteiger partial charge in [0, 0.05) is 0 Å². The molecule has 1 heteroatoms. The van der Waals surface area contributed by atoms with Gasteiger partial charge in [0.1, 0.15) is 0 Å². The quantitative estimate of drug-likeness (QED) is 0.476. The Morgan fingerprint density at radius 3 is 1.92 bits per heavy atom. The maximum absolute atomic E-state index is 12.3. The van der Waals surface area contributed by atoms with Crippen LogP contribution in [0.5, 0.6) is 0 Å². The molecule has 0 bridgehead atoms. The first-order valence-electron chi connectivity index (χ1n) is 5.41. The first-order chi connectivity index (χ1) is 5.77. The Kier molecular flexibility index (Phi) is 8.97. The lowest BCUT2D eigenvalue weighted by Crippen LogP contribution is -1.91. The van der Waals surface area contributed by atoms with Crippen LogP contribution < -0.4 is 0 Å². The predicted octanol–water partition coefficient (Wildman–Crippen LogP) is 4.49. The molecule has 0 heterocycles. The first-order valence-corrected chi connectivity index (χ1v) is 5.41. The van der Waals surface area contributed by atoms with Crippen LogP contribution in [0.1, 0.15) is 65.2 Å². The van der Waals surface area contributed by atoms with E-state index in [1.165, 1.54) is 38.5 Å². The molecule has 0 radical (unpaired) electrons. The highest BCUT2D eigenvalue weighted by Crippen LogP contribution is 2.10. The van der Waals surface area contributed by atoms with Crippen LogP contribution >= 0.6 is 0 Å². The van der Waals surface area contributed by atoms with Crippen LogP contribution in [0.15, 0.2) is 0 Å². The number of hydrogen-bond donors (Lipinski definition) is 0. The van der Waals surface area contributed by atoms with Gasteiger partial charge in [-0.3, -0.25) is 0 Å². The number of hydrogen-bond acceptors (Lipinski definition) is 0. The van der Waals surface area contributed by atoms with Crippen LogP contribution in [0.3, 0.4) is 0 Å². The summed E-state index contributed by atoms with van der Waals surface area (Å²) in [5.41, 5.74) is 0. The molecular weight excluding hydrogens is 151 g/mol. The molecule has 0 aliphatic heterocycles. The number of halogens is 1. The fourth-order valence-corrected chi connectivity index (χ4v) is 1.38. The monoisotopic (exact) mass is 174 g/mol. The highest BCUT2D eigenvalue weighted by molar-refractivity contribution is 4.49. The molecule has 0 nitrogen and oxygen atoms in total. The van der Waals surface area contributed by atoms with E-state index in [2.05, 4.69) is 6.92 Å². The van der Waals surface area contributed by atoms with E-state index >= 15 is 0 Å². The summed E-state index contributed by atoms with van der Waals surface area (Å²) in [5.74, 6) is 0. The number of unbranched alkanes of at least 4 members (excludes halogenated alkanes) is 6. The van der Waals surface area contributed by atoms with Crippen LogP contribution in [0.25, 0.3) is 0 Å². The van der Waals surface area contributed by atoms with Gasteiger partial charge in [-0.25, -0.2) is 4.39 Å². The van der Waals surface area contributed by atoms with Crippen molar-refractivity contribution in [3.05, 3.63) is 0 Å². The van der Waals surface area contributed by atoms with Gasteiger partial charge in [0.05, 0.1) is 6.17 Å². The summed E-state index contributed by atoms with van der Waals surface area (Å²) in [6, 6.07) is 0. The second kappa shape index (κ2) is 9.02. The van der Waals surface area contributed by atoms with E-state index in [9.17, 15) is 4.39 Å². The van der Waals surface area contributed by atoms with Crippen molar-refractivity contribution in [2.75, 3.05) is 0 Å². The molecule has 0 aromatic rings. The lowest BCUT2D eigenvalue weighted by Gasteiger charge is -2.01. The Hall–Kier alpha value is -0.0700. The van der Waals surface area contributed by atoms with E-state index in [-0.39, 0.29) is 0 Å². The molecule has 0 fully saturated rings. The molecular formula is C11H23F. The number of rotatable bonds is 8. The Morgan fingerprint density at radius 2 is 1.42 bits per heavy atom. The summed E-state index contributed by atoms with van der Waals surface area (Å²) >= 11 is 0. The zero-order valence-electron chi connectivity index (χ0n) is 8.61. The predicted molar refractivity (Wildman–Crippen MR) is 53.2 cm³/mol. The summed E-state index contributed by atoms with van der Waals surface area (Å²) < 4.78 is 12.3. The maximum Gasteiger partial charge on any atom is 0.0973 e. The van der Waals surface area contributed by atoms with Crippen molar-refractivity contribution in [1.82, 2.24) is 0 Å². The lowest BCUT2D eigenvalue weighted by molar-refractivity contribution is 0.329. The van der Waals surface area contributed by atoms with E-state index in [0.29, 0.717) is 0 Å². The summed E-state index contributed by atoms with van der Waals surface area (Å²) in [6.07, 6.45) is 9.13. The Labute approximate surface area is 76.6 Å². The summed E-state index contributed by atoms with van der Waals surface area (Å²) in [5, 5.41) is 0. The molecule has 0 aliphatic carbocycles. The van der Waals surface area contributed by atoms with Crippen molar-refractivity contribution in [2.45, 2.75) is 71.4 Å². The highest BCUT2D eigenvalue weighted by Gasteiger charge is 1.96. The van der Waals surface area contributed by atoms with Gasteiger partial charge in [-0.05, 0) is 13.3 Å². The fraction of sp³-hybridized carbons (Fsp3) is 1.00. The van der Waals surface area contributed by atoms with Gasteiger partial charge in [0.15, 0.2) is 0 Å². The average Bonchev–Trinajstić information content (AvgIpc) is 2.02. The zero-order valence-corrected chi connectivity index (χ0v) is 8.61. The molecule has 0 saturated carbocycles. The van der Waals surface area contributed by atoms with Crippen LogP contribution in [0, 0.1) is 0 Å². The Balaban J connectivity index is 2.82. The third-order valence-electron chi connectivity index (χ3n) is 2.21. The lowest BCUT2D eigenvalue weighted by atomic mass is 10.1. The molecule has 74 valence electrons. The second-order valence-corrected chi connectivity index (χ2v) is 3.69. The summed E-state index contributed by atoms with van der Waals surface area (Å²) in [6.45, 7) is 3.88. The third-order valence-corrected chi connectivity index (χ3v) is 2.21. The van der Waals surface area contributed by atoms with Gasteiger partial charge >= 0.3 is 0 Å². The van der Waals surface area contributed by atoms with Gasteiger partial charge in [-0.1, -0.05) is 51.9 Å². The van der Waals surface area contributed by atoms with Gasteiger partial charge in [0.25, 0.3) is 0 Å². The molecule has 0 N–H and O–H groups in total. The topological polar surface area (TPSA) is 0 Å². The van der Waals surface area contributed by atoms with Crippen molar-refractivity contribution >= 4 is 0 Å². The standard InChI is InChI=1S/C11H23F/c1-3-4-5-6-7-8-9-10-11(2)12/h11H,3-10H2,1-2H3. The smallest absolute Gasteiger partial charge is 0.0973 e. The molecule has 0 amide bonds. The summed E-state index contributed by atoms with van der Waals surface area (Å²) in [4.78, 5) is 0. The Morgan fingerprint density at radius 1 is 0.917 bits per heavy atom. The van der Waals surface area contributed by atoms with E-state index < -0.39 is 6.17 Å². The minimum absolute atomic E-state index is 0.597. The van der Waals surface area contributed by atoms with Crippen LogP contribution in [-0.4, -0.2) is 6.17 Å². The molecule has 0 aromatic heterocycles. The first kappa shape index (κ1) is 11.9. The van der Waals surface area contributed by atoms with Crippen molar-refractivity contribution in [3.63, 3.8) is 0 Å². The molecule has 12 heavy (non-hydrogen) atoms. The van der Waals surface area contributed by atoms with Gasteiger partial charge in [-0.2, -0.15) is 0 Å². The normalized spacial score (nSPS) is 13.2. The molecule has 1 unspecified atom stereocenters. The number of alkyl halides is 1. The van der Waals surface area contributed by atoms with Crippen molar-refractivity contribution in [2.24, 2.45) is 0 Å². The van der Waals surface area contributed by atoms with Crippen LogP contribution in [0.4, 0.5) is 4.39 Å². The van der Waals surface area contributed by atoms with Crippen LogP contribution in [-0.2, 0) is 0 Å². The van der Waals surface area contributed by atoms with Crippen LogP contribution in [0.2, 0.25) is 0 Å².